The standard InChI is InChI=1S/C14H22N4O2.ClH/c1-8-10(11(19)17-9-5-6-15-7-9)12(20)18-13(16-8)14(2,3)4;/h9,15H,5-7H2,1-4H3,(H,17,19)(H,16,18,20);1H. The summed E-state index contributed by atoms with van der Waals surface area (Å²) < 4.78 is 0. The van der Waals surface area contributed by atoms with Crippen LogP contribution < -0.4 is 16.2 Å². The van der Waals surface area contributed by atoms with Gasteiger partial charge in [-0.15, -0.1) is 12.4 Å². The lowest BCUT2D eigenvalue weighted by Gasteiger charge is -2.18. The third-order valence-electron chi connectivity index (χ3n) is 3.43. The minimum absolute atomic E-state index is 0. The average Bonchev–Trinajstić information content (AvgIpc) is 2.79. The van der Waals surface area contributed by atoms with Crippen molar-refractivity contribution in [1.82, 2.24) is 20.6 Å². The quantitative estimate of drug-likeness (QED) is 0.756. The highest BCUT2D eigenvalue weighted by atomic mass is 35.5. The van der Waals surface area contributed by atoms with Gasteiger partial charge in [-0.25, -0.2) is 4.98 Å². The molecule has 0 aromatic carbocycles. The zero-order valence-electron chi connectivity index (χ0n) is 12.9. The highest BCUT2D eigenvalue weighted by Gasteiger charge is 2.24. The first-order chi connectivity index (χ1) is 9.29. The third-order valence-corrected chi connectivity index (χ3v) is 3.43. The van der Waals surface area contributed by atoms with Crippen molar-refractivity contribution in [2.45, 2.75) is 45.6 Å². The predicted molar refractivity (Wildman–Crippen MR) is 84.3 cm³/mol. The largest absolute Gasteiger partial charge is 0.348 e. The van der Waals surface area contributed by atoms with Crippen LogP contribution in [0, 0.1) is 6.92 Å². The van der Waals surface area contributed by atoms with Gasteiger partial charge >= 0.3 is 0 Å². The van der Waals surface area contributed by atoms with Crippen molar-refractivity contribution in [2.24, 2.45) is 0 Å². The second-order valence-corrected chi connectivity index (χ2v) is 6.29. The van der Waals surface area contributed by atoms with Gasteiger partial charge in [0.15, 0.2) is 0 Å². The Balaban J connectivity index is 0.00000220. The molecule has 1 unspecified atom stereocenters. The van der Waals surface area contributed by atoms with E-state index in [4.69, 9.17) is 0 Å². The highest BCUT2D eigenvalue weighted by Crippen LogP contribution is 2.17. The van der Waals surface area contributed by atoms with E-state index in [0.717, 1.165) is 19.5 Å². The Hall–Kier alpha value is -1.40. The van der Waals surface area contributed by atoms with Crippen LogP contribution in [0.15, 0.2) is 4.79 Å². The summed E-state index contributed by atoms with van der Waals surface area (Å²) in [6.45, 7) is 9.24. The van der Waals surface area contributed by atoms with E-state index in [9.17, 15) is 9.59 Å². The number of aromatic amines is 1. The molecule has 1 fully saturated rings. The van der Waals surface area contributed by atoms with Gasteiger partial charge in [0.25, 0.3) is 11.5 Å². The smallest absolute Gasteiger partial charge is 0.264 e. The molecule has 1 atom stereocenters. The number of aryl methyl sites for hydroxylation is 1. The number of nitrogens with one attached hydrogen (secondary N) is 3. The van der Waals surface area contributed by atoms with Crippen molar-refractivity contribution < 1.29 is 4.79 Å². The summed E-state index contributed by atoms with van der Waals surface area (Å²) in [5.41, 5.74) is -0.0354. The number of carbonyl (C=O) groups excluding carboxylic acids is 1. The molecule has 1 aliphatic rings. The Morgan fingerprint density at radius 2 is 2.05 bits per heavy atom. The van der Waals surface area contributed by atoms with E-state index in [1.165, 1.54) is 0 Å². The van der Waals surface area contributed by atoms with Crippen LogP contribution in [-0.2, 0) is 5.41 Å². The van der Waals surface area contributed by atoms with Gasteiger partial charge in [-0.2, -0.15) is 0 Å². The van der Waals surface area contributed by atoms with E-state index in [0.29, 0.717) is 11.5 Å². The maximum absolute atomic E-state index is 12.2. The number of nitrogens with zero attached hydrogens (tertiary/aromatic N) is 1. The second kappa shape index (κ2) is 6.58. The number of aromatic nitrogens is 2. The van der Waals surface area contributed by atoms with Crippen LogP contribution in [0.2, 0.25) is 0 Å². The molecule has 3 N–H and O–H groups in total. The fourth-order valence-corrected chi connectivity index (χ4v) is 2.24. The highest BCUT2D eigenvalue weighted by molar-refractivity contribution is 5.95. The number of rotatable bonds is 2. The average molecular weight is 315 g/mol. The van der Waals surface area contributed by atoms with E-state index in [1.54, 1.807) is 6.92 Å². The maximum Gasteiger partial charge on any atom is 0.264 e. The first-order valence-electron chi connectivity index (χ1n) is 6.92. The lowest BCUT2D eigenvalue weighted by molar-refractivity contribution is 0.0937. The summed E-state index contributed by atoms with van der Waals surface area (Å²) in [6, 6.07) is 0.0867. The van der Waals surface area contributed by atoms with E-state index in [2.05, 4.69) is 20.6 Å². The Kier molecular flexibility index (Phi) is 5.53. The lowest BCUT2D eigenvalue weighted by atomic mass is 9.95. The molecule has 118 valence electrons. The maximum atomic E-state index is 12.2. The van der Waals surface area contributed by atoms with Gasteiger partial charge in [-0.05, 0) is 19.9 Å². The number of carbonyl (C=O) groups is 1. The molecule has 0 saturated carbocycles. The molecule has 1 saturated heterocycles. The number of hydrogen-bond donors (Lipinski definition) is 3. The van der Waals surface area contributed by atoms with Crippen molar-refractivity contribution >= 4 is 18.3 Å². The fourth-order valence-electron chi connectivity index (χ4n) is 2.24. The van der Waals surface area contributed by atoms with E-state index in [-0.39, 0.29) is 40.9 Å². The molecule has 0 spiro atoms. The van der Waals surface area contributed by atoms with Gasteiger partial charge in [0.2, 0.25) is 0 Å². The number of hydrogen-bond acceptors (Lipinski definition) is 4. The normalized spacial score (nSPS) is 18.2. The van der Waals surface area contributed by atoms with E-state index in [1.807, 2.05) is 20.8 Å². The van der Waals surface area contributed by atoms with Crippen LogP contribution in [0.25, 0.3) is 0 Å². The van der Waals surface area contributed by atoms with Crippen molar-refractivity contribution in [3.05, 3.63) is 27.4 Å². The number of amides is 1. The molecule has 21 heavy (non-hydrogen) atoms. The molecule has 2 rings (SSSR count). The zero-order valence-corrected chi connectivity index (χ0v) is 13.7. The van der Waals surface area contributed by atoms with Gasteiger partial charge in [-0.1, -0.05) is 20.8 Å². The zero-order chi connectivity index (χ0) is 14.9. The van der Waals surface area contributed by atoms with Gasteiger partial charge in [0.05, 0.1) is 5.69 Å². The Morgan fingerprint density at radius 3 is 2.52 bits per heavy atom. The van der Waals surface area contributed by atoms with Crippen LogP contribution >= 0.6 is 12.4 Å². The molecular formula is C14H23ClN4O2. The molecule has 7 heteroatoms. The summed E-state index contributed by atoms with van der Waals surface area (Å²) in [6.07, 6.45) is 0.885. The second-order valence-electron chi connectivity index (χ2n) is 6.29. The number of halogens is 1. The first kappa shape index (κ1) is 17.7. The van der Waals surface area contributed by atoms with Crippen molar-refractivity contribution in [3.8, 4) is 0 Å². The predicted octanol–water partition coefficient (Wildman–Crippen LogP) is 0.889. The molecule has 1 aliphatic heterocycles. The van der Waals surface area contributed by atoms with Crippen LogP contribution in [0.5, 0.6) is 0 Å². The number of H-pyrrole nitrogens is 1. The fraction of sp³-hybridized carbons (Fsp3) is 0.643. The molecule has 1 aromatic rings. The summed E-state index contributed by atoms with van der Waals surface area (Å²) in [5.74, 6) is 0.254. The van der Waals surface area contributed by atoms with Crippen LogP contribution in [0.1, 0.15) is 49.1 Å². The topological polar surface area (TPSA) is 86.9 Å². The van der Waals surface area contributed by atoms with Crippen molar-refractivity contribution in [1.29, 1.82) is 0 Å². The van der Waals surface area contributed by atoms with Gasteiger partial charge < -0.3 is 15.6 Å². The Bertz CT molecular complexity index is 571. The van der Waals surface area contributed by atoms with Gasteiger partial charge in [0, 0.05) is 18.0 Å². The summed E-state index contributed by atoms with van der Waals surface area (Å²) in [7, 11) is 0. The Morgan fingerprint density at radius 1 is 1.38 bits per heavy atom. The molecule has 2 heterocycles. The van der Waals surface area contributed by atoms with Gasteiger partial charge in [0.1, 0.15) is 11.4 Å². The monoisotopic (exact) mass is 314 g/mol. The van der Waals surface area contributed by atoms with Crippen LogP contribution in [0.3, 0.4) is 0 Å². The molecule has 0 radical (unpaired) electrons. The molecular weight excluding hydrogens is 292 g/mol. The van der Waals surface area contributed by atoms with Gasteiger partial charge in [-0.3, -0.25) is 9.59 Å². The minimum atomic E-state index is -0.370. The van der Waals surface area contributed by atoms with E-state index >= 15 is 0 Å². The molecule has 0 aliphatic carbocycles. The SMILES string of the molecule is Cc1nc(C(C)(C)C)[nH]c(=O)c1C(=O)NC1CCNC1.Cl. The summed E-state index contributed by atoms with van der Waals surface area (Å²) in [5, 5.41) is 6.04. The third kappa shape index (κ3) is 4.04. The minimum Gasteiger partial charge on any atom is -0.348 e. The van der Waals surface area contributed by atoms with E-state index < -0.39 is 0 Å². The molecule has 6 nitrogen and oxygen atoms in total. The lowest BCUT2D eigenvalue weighted by Crippen LogP contribution is -2.40. The Labute approximate surface area is 130 Å². The molecule has 0 bridgehead atoms. The van der Waals surface area contributed by atoms with Crippen LogP contribution in [-0.4, -0.2) is 35.0 Å². The first-order valence-corrected chi connectivity index (χ1v) is 6.92. The molecule has 1 amide bonds. The van der Waals surface area contributed by atoms with Crippen molar-refractivity contribution in [2.75, 3.05) is 13.1 Å². The summed E-state index contributed by atoms with van der Waals surface area (Å²) in [4.78, 5) is 31.4. The van der Waals surface area contributed by atoms with Crippen LogP contribution in [0.4, 0.5) is 0 Å². The summed E-state index contributed by atoms with van der Waals surface area (Å²) >= 11 is 0. The van der Waals surface area contributed by atoms with Crippen molar-refractivity contribution in [3.63, 3.8) is 0 Å². The molecule has 1 aromatic heterocycles.